The SMILES string of the molecule is C.CC(=O)N1C(Cc2cccnc2)C(=O)N(c2ccc(CC(NC(=O)C3(c4ccccc4)CCCC3)C(=O)O)cc2)C1c1ccccc1. The quantitative estimate of drug-likeness (QED) is 0.223. The standard InChI is InChI=1S/C38H38N4O5.CH4/c1-26(43)41-33(24-28-11-10-22-39-25-28)35(44)42(34(41)29-12-4-2-5-13-29)31-18-16-27(17-19-31)23-32(36(45)46)40-37(47)38(20-8-9-21-38)30-14-6-3-7-15-30;/h2-7,10-19,22,25,32-34H,8-9,20-21,23-24H2,1H3,(H,40,47)(H,45,46);1H4. The number of anilines is 1. The molecule has 1 aliphatic heterocycles. The Balaban J connectivity index is 0.00000451. The molecule has 3 unspecified atom stereocenters. The van der Waals surface area contributed by atoms with Crippen LogP contribution in [-0.4, -0.2) is 50.8 Å². The number of carbonyl (C=O) groups is 4. The Hall–Kier alpha value is -5.31. The molecular formula is C39H42N4O5. The molecule has 4 aromatic rings. The first-order chi connectivity index (χ1) is 22.8. The number of aromatic nitrogens is 1. The molecule has 1 aliphatic carbocycles. The third kappa shape index (κ3) is 6.72. The summed E-state index contributed by atoms with van der Waals surface area (Å²) in [4.78, 5) is 60.8. The maximum Gasteiger partial charge on any atom is 0.326 e. The van der Waals surface area contributed by atoms with Gasteiger partial charge in [0.25, 0.3) is 5.91 Å². The summed E-state index contributed by atoms with van der Waals surface area (Å²) in [6.45, 7) is 1.47. The molecule has 9 heteroatoms. The molecule has 3 amide bonds. The average molecular weight is 647 g/mol. The first kappa shape index (κ1) is 34.0. The second-order valence-corrected chi connectivity index (χ2v) is 12.4. The number of benzene rings is 3. The predicted molar refractivity (Wildman–Crippen MR) is 184 cm³/mol. The summed E-state index contributed by atoms with van der Waals surface area (Å²) >= 11 is 0. The maximum absolute atomic E-state index is 14.1. The second-order valence-electron chi connectivity index (χ2n) is 12.4. The van der Waals surface area contributed by atoms with Crippen molar-refractivity contribution in [3.8, 4) is 0 Å². The largest absolute Gasteiger partial charge is 0.480 e. The highest BCUT2D eigenvalue weighted by atomic mass is 16.4. The molecule has 248 valence electrons. The molecule has 3 aromatic carbocycles. The van der Waals surface area contributed by atoms with Crippen LogP contribution in [0.25, 0.3) is 0 Å². The van der Waals surface area contributed by atoms with E-state index in [0.717, 1.165) is 29.5 Å². The highest BCUT2D eigenvalue weighted by molar-refractivity contribution is 6.03. The number of carboxylic acid groups (broad SMARTS) is 1. The van der Waals surface area contributed by atoms with Crippen LogP contribution in [0, 0.1) is 0 Å². The van der Waals surface area contributed by atoms with Crippen molar-refractivity contribution in [1.82, 2.24) is 15.2 Å². The summed E-state index contributed by atoms with van der Waals surface area (Å²) < 4.78 is 0. The molecule has 1 aromatic heterocycles. The van der Waals surface area contributed by atoms with Crippen molar-refractivity contribution in [3.63, 3.8) is 0 Å². The Bertz CT molecular complexity index is 1720. The summed E-state index contributed by atoms with van der Waals surface area (Å²) in [7, 11) is 0. The molecule has 2 aliphatic rings. The number of pyridine rings is 1. The molecule has 2 heterocycles. The number of carbonyl (C=O) groups excluding carboxylic acids is 3. The fraction of sp³-hybridized carbons (Fsp3) is 0.308. The van der Waals surface area contributed by atoms with Crippen molar-refractivity contribution in [3.05, 3.63) is 132 Å². The summed E-state index contributed by atoms with van der Waals surface area (Å²) in [5.41, 5.74) is 3.08. The first-order valence-electron chi connectivity index (χ1n) is 16.0. The Morgan fingerprint density at radius 2 is 1.54 bits per heavy atom. The van der Waals surface area contributed by atoms with Gasteiger partial charge in [0.15, 0.2) is 0 Å². The summed E-state index contributed by atoms with van der Waals surface area (Å²) in [5, 5.41) is 13.0. The summed E-state index contributed by atoms with van der Waals surface area (Å²) in [6.07, 6.45) is 6.26. The highest BCUT2D eigenvalue weighted by Crippen LogP contribution is 2.42. The minimum Gasteiger partial charge on any atom is -0.480 e. The number of nitrogens with one attached hydrogen (secondary N) is 1. The lowest BCUT2D eigenvalue weighted by molar-refractivity contribution is -0.142. The van der Waals surface area contributed by atoms with Crippen LogP contribution in [0.4, 0.5) is 5.69 Å². The van der Waals surface area contributed by atoms with Crippen LogP contribution in [0.2, 0.25) is 0 Å². The number of nitrogens with zero attached hydrogens (tertiary/aromatic N) is 3. The molecule has 0 bridgehead atoms. The van der Waals surface area contributed by atoms with Crippen molar-refractivity contribution < 1.29 is 24.3 Å². The Labute approximate surface area is 281 Å². The lowest BCUT2D eigenvalue weighted by atomic mass is 9.77. The van der Waals surface area contributed by atoms with Gasteiger partial charge in [-0.3, -0.25) is 24.3 Å². The molecule has 3 atom stereocenters. The zero-order chi connectivity index (χ0) is 33.0. The minimum atomic E-state index is -1.13. The van der Waals surface area contributed by atoms with E-state index in [4.69, 9.17) is 0 Å². The third-order valence-electron chi connectivity index (χ3n) is 9.46. The Morgan fingerprint density at radius 1 is 0.896 bits per heavy atom. The van der Waals surface area contributed by atoms with Crippen LogP contribution in [0.15, 0.2) is 109 Å². The number of hydrogen-bond donors (Lipinski definition) is 2. The first-order valence-corrected chi connectivity index (χ1v) is 16.0. The van der Waals surface area contributed by atoms with Gasteiger partial charge in [-0.15, -0.1) is 0 Å². The van der Waals surface area contributed by atoms with E-state index in [-0.39, 0.29) is 31.6 Å². The van der Waals surface area contributed by atoms with Gasteiger partial charge in [-0.25, -0.2) is 4.79 Å². The number of rotatable bonds is 10. The van der Waals surface area contributed by atoms with E-state index in [2.05, 4.69) is 10.3 Å². The van der Waals surface area contributed by atoms with Gasteiger partial charge in [0.1, 0.15) is 18.2 Å². The zero-order valence-electron chi connectivity index (χ0n) is 26.3. The van der Waals surface area contributed by atoms with Crippen LogP contribution in [0.5, 0.6) is 0 Å². The molecular weight excluding hydrogens is 604 g/mol. The maximum atomic E-state index is 14.1. The fourth-order valence-electron chi connectivity index (χ4n) is 7.13. The van der Waals surface area contributed by atoms with Gasteiger partial charge in [0.05, 0.1) is 5.41 Å². The lowest BCUT2D eigenvalue weighted by Gasteiger charge is -2.31. The van der Waals surface area contributed by atoms with Crippen LogP contribution in [-0.2, 0) is 37.4 Å². The minimum absolute atomic E-state index is 0. The molecule has 48 heavy (non-hydrogen) atoms. The molecule has 0 radical (unpaired) electrons. The van der Waals surface area contributed by atoms with Crippen molar-refractivity contribution >= 4 is 29.4 Å². The van der Waals surface area contributed by atoms with E-state index in [1.807, 2.05) is 66.7 Å². The molecule has 2 fully saturated rings. The molecule has 0 spiro atoms. The van der Waals surface area contributed by atoms with Crippen molar-refractivity contribution in [2.24, 2.45) is 0 Å². The smallest absolute Gasteiger partial charge is 0.326 e. The average Bonchev–Trinajstić information content (AvgIpc) is 3.70. The molecule has 1 saturated heterocycles. The lowest BCUT2D eigenvalue weighted by Crippen LogP contribution is -2.50. The van der Waals surface area contributed by atoms with Gasteiger partial charge in [-0.1, -0.05) is 99.1 Å². The molecule has 6 rings (SSSR count). The number of aliphatic carboxylic acids is 1. The normalized spacial score (nSPS) is 19.0. The van der Waals surface area contributed by atoms with E-state index >= 15 is 0 Å². The van der Waals surface area contributed by atoms with E-state index in [1.54, 1.807) is 52.5 Å². The van der Waals surface area contributed by atoms with Gasteiger partial charge < -0.3 is 15.3 Å². The van der Waals surface area contributed by atoms with Crippen molar-refractivity contribution in [1.29, 1.82) is 0 Å². The summed E-state index contributed by atoms with van der Waals surface area (Å²) in [5.74, 6) is -1.82. The van der Waals surface area contributed by atoms with Crippen molar-refractivity contribution in [2.75, 3.05) is 4.90 Å². The Kier molecular flexibility index (Phi) is 10.4. The van der Waals surface area contributed by atoms with Crippen molar-refractivity contribution in [2.45, 2.75) is 76.5 Å². The number of hydrogen-bond acceptors (Lipinski definition) is 5. The number of carboxylic acids is 1. The molecule has 1 saturated carbocycles. The van der Waals surface area contributed by atoms with Crippen LogP contribution in [0.1, 0.15) is 68.5 Å². The van der Waals surface area contributed by atoms with E-state index in [9.17, 15) is 24.3 Å². The fourth-order valence-corrected chi connectivity index (χ4v) is 7.13. The van der Waals surface area contributed by atoms with Crippen LogP contribution in [0.3, 0.4) is 0 Å². The zero-order valence-corrected chi connectivity index (χ0v) is 26.3. The topological polar surface area (TPSA) is 120 Å². The Morgan fingerprint density at radius 3 is 2.12 bits per heavy atom. The molecule has 9 nitrogen and oxygen atoms in total. The van der Waals surface area contributed by atoms with Gasteiger partial charge >= 0.3 is 5.97 Å². The predicted octanol–water partition coefficient (Wildman–Crippen LogP) is 5.85. The van der Waals surface area contributed by atoms with Gasteiger partial charge in [0.2, 0.25) is 11.8 Å². The van der Waals surface area contributed by atoms with Crippen LogP contribution < -0.4 is 10.2 Å². The van der Waals surface area contributed by atoms with Gasteiger partial charge in [-0.05, 0) is 53.3 Å². The number of amides is 3. The second kappa shape index (κ2) is 14.6. The van der Waals surface area contributed by atoms with Crippen LogP contribution >= 0.6 is 0 Å². The van der Waals surface area contributed by atoms with E-state index in [1.165, 1.54) is 6.92 Å². The third-order valence-corrected chi connectivity index (χ3v) is 9.46. The van der Waals surface area contributed by atoms with Gasteiger partial charge in [-0.2, -0.15) is 0 Å². The van der Waals surface area contributed by atoms with E-state index in [0.29, 0.717) is 30.5 Å². The highest BCUT2D eigenvalue weighted by Gasteiger charge is 2.49. The van der Waals surface area contributed by atoms with Gasteiger partial charge in [0, 0.05) is 37.8 Å². The van der Waals surface area contributed by atoms with E-state index < -0.39 is 29.6 Å². The summed E-state index contributed by atoms with van der Waals surface area (Å²) in [6, 6.07) is 28.0. The monoisotopic (exact) mass is 646 g/mol. The molecule has 2 N–H and O–H groups in total.